The van der Waals surface area contributed by atoms with Crippen LogP contribution in [0.15, 0.2) is 12.1 Å². The maximum atomic E-state index is 6.17. The third-order valence-electron chi connectivity index (χ3n) is 2.62. The van der Waals surface area contributed by atoms with Crippen molar-refractivity contribution in [3.05, 3.63) is 27.7 Å². The molecule has 1 aliphatic heterocycles. The number of hydrogen-bond donors (Lipinski definition) is 1. The van der Waals surface area contributed by atoms with E-state index in [2.05, 4.69) is 5.32 Å². The van der Waals surface area contributed by atoms with E-state index in [1.165, 1.54) is 0 Å². The molecule has 0 aliphatic carbocycles. The third-order valence-corrected chi connectivity index (χ3v) is 3.12. The van der Waals surface area contributed by atoms with E-state index in [9.17, 15) is 0 Å². The van der Waals surface area contributed by atoms with Gasteiger partial charge in [-0.2, -0.15) is 0 Å². The molecule has 5 heteroatoms. The van der Waals surface area contributed by atoms with Gasteiger partial charge in [0.05, 0.1) is 18.2 Å². The lowest BCUT2D eigenvalue weighted by Gasteiger charge is -2.17. The number of ether oxygens (including phenoxy) is 2. The van der Waals surface area contributed by atoms with Crippen LogP contribution in [0.5, 0.6) is 5.75 Å². The van der Waals surface area contributed by atoms with Crippen molar-refractivity contribution < 1.29 is 9.47 Å². The summed E-state index contributed by atoms with van der Waals surface area (Å²) in [6.45, 7) is 2.04. The molecule has 94 valence electrons. The van der Waals surface area contributed by atoms with E-state index in [-0.39, 0.29) is 6.10 Å². The zero-order valence-electron chi connectivity index (χ0n) is 9.63. The summed E-state index contributed by atoms with van der Waals surface area (Å²) >= 11 is 12.2. The van der Waals surface area contributed by atoms with E-state index >= 15 is 0 Å². The second-order valence-corrected chi connectivity index (χ2v) is 4.85. The van der Waals surface area contributed by atoms with Crippen molar-refractivity contribution in [3.8, 4) is 5.75 Å². The molecule has 2 rings (SSSR count). The lowest BCUT2D eigenvalue weighted by Crippen LogP contribution is -2.18. The summed E-state index contributed by atoms with van der Waals surface area (Å²) in [5.74, 6) is 0.709. The number of hydrogen-bond acceptors (Lipinski definition) is 3. The number of benzene rings is 1. The quantitative estimate of drug-likeness (QED) is 0.917. The summed E-state index contributed by atoms with van der Waals surface area (Å²) in [5, 5.41) is 4.25. The van der Waals surface area contributed by atoms with Crippen molar-refractivity contribution in [2.45, 2.75) is 19.1 Å². The molecule has 1 aliphatic rings. The van der Waals surface area contributed by atoms with Gasteiger partial charge >= 0.3 is 0 Å². The Hall–Kier alpha value is -0.480. The molecule has 1 aromatic carbocycles. The first kappa shape index (κ1) is 13.0. The van der Waals surface area contributed by atoms with E-state index in [1.807, 2.05) is 13.1 Å². The van der Waals surface area contributed by atoms with Crippen LogP contribution in [0.25, 0.3) is 0 Å². The Labute approximate surface area is 111 Å². The van der Waals surface area contributed by atoms with E-state index in [1.54, 1.807) is 6.07 Å². The molecule has 0 aromatic heterocycles. The van der Waals surface area contributed by atoms with E-state index < -0.39 is 0 Å². The summed E-state index contributed by atoms with van der Waals surface area (Å²) in [5.41, 5.74) is 0.969. The van der Waals surface area contributed by atoms with E-state index in [0.717, 1.165) is 18.6 Å². The van der Waals surface area contributed by atoms with Gasteiger partial charge in [-0.15, -0.1) is 0 Å². The van der Waals surface area contributed by atoms with Crippen LogP contribution < -0.4 is 10.1 Å². The number of nitrogens with one attached hydrogen (secondary N) is 1. The Morgan fingerprint density at radius 2 is 2.29 bits per heavy atom. The van der Waals surface area contributed by atoms with Crippen molar-refractivity contribution >= 4 is 23.2 Å². The highest BCUT2D eigenvalue weighted by molar-refractivity contribution is 6.35. The van der Waals surface area contributed by atoms with Crippen molar-refractivity contribution in [3.63, 3.8) is 0 Å². The molecule has 1 saturated heterocycles. The van der Waals surface area contributed by atoms with Crippen LogP contribution in [-0.2, 0) is 11.3 Å². The van der Waals surface area contributed by atoms with Crippen molar-refractivity contribution in [1.29, 1.82) is 0 Å². The Balaban J connectivity index is 2.22. The van der Waals surface area contributed by atoms with Gasteiger partial charge in [-0.1, -0.05) is 23.2 Å². The molecule has 1 atom stereocenters. The molecular weight excluding hydrogens is 261 g/mol. The van der Waals surface area contributed by atoms with Gasteiger partial charge < -0.3 is 14.8 Å². The normalized spacial score (nSPS) is 19.6. The molecule has 0 saturated carbocycles. The molecule has 0 radical (unpaired) electrons. The maximum absolute atomic E-state index is 6.17. The van der Waals surface area contributed by atoms with Crippen LogP contribution in [0.4, 0.5) is 0 Å². The SMILES string of the molecule is CNCc1cc(Cl)cc(Cl)c1OC1CCOC1. The summed E-state index contributed by atoms with van der Waals surface area (Å²) in [6, 6.07) is 3.57. The van der Waals surface area contributed by atoms with Crippen LogP contribution in [0.2, 0.25) is 10.0 Å². The zero-order valence-corrected chi connectivity index (χ0v) is 11.1. The highest BCUT2D eigenvalue weighted by atomic mass is 35.5. The number of halogens is 2. The van der Waals surface area contributed by atoms with E-state index in [0.29, 0.717) is 28.9 Å². The maximum Gasteiger partial charge on any atom is 0.143 e. The van der Waals surface area contributed by atoms with Gasteiger partial charge in [-0.3, -0.25) is 0 Å². The predicted molar refractivity (Wildman–Crippen MR) is 69.1 cm³/mol. The molecule has 1 fully saturated rings. The van der Waals surface area contributed by atoms with Crippen LogP contribution in [-0.4, -0.2) is 26.4 Å². The zero-order chi connectivity index (χ0) is 12.3. The minimum atomic E-state index is 0.0873. The predicted octanol–water partition coefficient (Wildman–Crippen LogP) is 2.88. The van der Waals surface area contributed by atoms with Gasteiger partial charge in [0.1, 0.15) is 11.9 Å². The Kier molecular flexibility index (Phi) is 4.51. The molecule has 0 amide bonds. The Bertz CT molecular complexity index is 392. The largest absolute Gasteiger partial charge is 0.486 e. The van der Waals surface area contributed by atoms with Crippen molar-refractivity contribution in [2.24, 2.45) is 0 Å². The van der Waals surface area contributed by atoms with E-state index in [4.69, 9.17) is 32.7 Å². The van der Waals surface area contributed by atoms with Crippen LogP contribution in [0, 0.1) is 0 Å². The summed E-state index contributed by atoms with van der Waals surface area (Å²) in [4.78, 5) is 0. The minimum Gasteiger partial charge on any atom is -0.486 e. The lowest BCUT2D eigenvalue weighted by molar-refractivity contribution is 0.140. The second kappa shape index (κ2) is 5.91. The molecule has 17 heavy (non-hydrogen) atoms. The van der Waals surface area contributed by atoms with Crippen LogP contribution in [0.3, 0.4) is 0 Å². The molecule has 1 aromatic rings. The third kappa shape index (κ3) is 3.26. The van der Waals surface area contributed by atoms with Gasteiger partial charge in [-0.25, -0.2) is 0 Å². The number of rotatable bonds is 4. The fourth-order valence-corrected chi connectivity index (χ4v) is 2.42. The van der Waals surface area contributed by atoms with Gasteiger partial charge in [0.25, 0.3) is 0 Å². The molecule has 0 bridgehead atoms. The Morgan fingerprint density at radius 3 is 2.94 bits per heavy atom. The smallest absolute Gasteiger partial charge is 0.143 e. The summed E-state index contributed by atoms with van der Waals surface area (Å²) in [7, 11) is 1.87. The van der Waals surface area contributed by atoms with Crippen molar-refractivity contribution in [1.82, 2.24) is 5.32 Å². The summed E-state index contributed by atoms with van der Waals surface area (Å²) < 4.78 is 11.2. The fraction of sp³-hybridized carbons (Fsp3) is 0.500. The summed E-state index contributed by atoms with van der Waals surface area (Å²) in [6.07, 6.45) is 0.988. The average Bonchev–Trinajstić information content (AvgIpc) is 2.76. The average molecular weight is 276 g/mol. The Morgan fingerprint density at radius 1 is 1.47 bits per heavy atom. The highest BCUT2D eigenvalue weighted by Crippen LogP contribution is 2.34. The monoisotopic (exact) mass is 275 g/mol. The second-order valence-electron chi connectivity index (χ2n) is 4.01. The van der Waals surface area contributed by atoms with Gasteiger partial charge in [0, 0.05) is 23.6 Å². The molecular formula is C12H15Cl2NO2. The molecule has 1 unspecified atom stereocenters. The molecule has 1 N–H and O–H groups in total. The first-order valence-corrected chi connectivity index (χ1v) is 6.33. The van der Waals surface area contributed by atoms with Crippen LogP contribution in [0.1, 0.15) is 12.0 Å². The first-order valence-electron chi connectivity index (χ1n) is 5.57. The molecule has 1 heterocycles. The first-order chi connectivity index (χ1) is 8.20. The van der Waals surface area contributed by atoms with Crippen molar-refractivity contribution in [2.75, 3.05) is 20.3 Å². The van der Waals surface area contributed by atoms with Crippen LogP contribution >= 0.6 is 23.2 Å². The fourth-order valence-electron chi connectivity index (χ4n) is 1.84. The molecule has 0 spiro atoms. The van der Waals surface area contributed by atoms with Gasteiger partial charge in [-0.05, 0) is 19.2 Å². The van der Waals surface area contributed by atoms with Gasteiger partial charge in [0.15, 0.2) is 0 Å². The topological polar surface area (TPSA) is 30.5 Å². The molecule has 3 nitrogen and oxygen atoms in total. The standard InChI is InChI=1S/C12H15Cl2NO2/c1-15-6-8-4-9(13)5-11(14)12(8)17-10-2-3-16-7-10/h4-5,10,15H,2-3,6-7H2,1H3. The minimum absolute atomic E-state index is 0.0873. The highest BCUT2D eigenvalue weighted by Gasteiger charge is 2.20. The van der Waals surface area contributed by atoms with Gasteiger partial charge in [0.2, 0.25) is 0 Å². The lowest BCUT2D eigenvalue weighted by atomic mass is 10.2.